The van der Waals surface area contributed by atoms with Crippen molar-refractivity contribution in [2.45, 2.75) is 0 Å². The average Bonchev–Trinajstić information content (AvgIpc) is 2.45. The number of rotatable bonds is 1. The summed E-state index contributed by atoms with van der Waals surface area (Å²) < 4.78 is 5.32. The van der Waals surface area contributed by atoms with Crippen molar-refractivity contribution in [1.29, 1.82) is 0 Å². The normalized spacial score (nSPS) is 9.65. The minimum absolute atomic E-state index is 0.384. The molecule has 0 atom stereocenters. The van der Waals surface area contributed by atoms with Crippen molar-refractivity contribution < 1.29 is 19.1 Å². The van der Waals surface area contributed by atoms with Gasteiger partial charge < -0.3 is 9.52 Å². The minimum atomic E-state index is -1.17. The molecule has 1 heterocycles. The van der Waals surface area contributed by atoms with Crippen LogP contribution in [0.3, 0.4) is 0 Å². The van der Waals surface area contributed by atoms with E-state index in [9.17, 15) is 19.5 Å². The third kappa shape index (κ3) is 4.45. The highest BCUT2D eigenvalue weighted by atomic mass is 79.9. The van der Waals surface area contributed by atoms with Gasteiger partial charge in [-0.1, -0.05) is 21.9 Å². The van der Waals surface area contributed by atoms with Gasteiger partial charge in [-0.15, -0.1) is 0 Å². The molecule has 0 fully saturated rings. The number of carbonyl (C=O) groups is 2. The van der Waals surface area contributed by atoms with E-state index in [2.05, 4.69) is 32.2 Å². The standard InChI is InChI=1S/C15H7BrClNO5/c16-9-4-1-8(2-5-9)3-6-12(20)18-14(21)13-10(19)7-11(17)23-15(13)22/h1-2,4-5,7,19H,(H,18,20,21). The molecule has 1 aromatic heterocycles. The molecule has 2 amide bonds. The fourth-order valence-corrected chi connectivity index (χ4v) is 1.96. The number of hydrogen-bond donors (Lipinski definition) is 2. The molecule has 2 N–H and O–H groups in total. The molecular formula is C15H7BrClNO5. The van der Waals surface area contributed by atoms with E-state index in [4.69, 9.17) is 11.6 Å². The fraction of sp³-hybridized carbons (Fsp3) is 0. The average molecular weight is 397 g/mol. The summed E-state index contributed by atoms with van der Waals surface area (Å²) in [5.74, 6) is 1.97. The Morgan fingerprint density at radius 3 is 2.52 bits per heavy atom. The smallest absolute Gasteiger partial charge is 0.353 e. The number of amides is 2. The lowest BCUT2D eigenvalue weighted by atomic mass is 10.2. The number of benzene rings is 1. The van der Waals surface area contributed by atoms with Gasteiger partial charge in [0.2, 0.25) is 5.22 Å². The van der Waals surface area contributed by atoms with Crippen molar-refractivity contribution in [3.05, 3.63) is 61.6 Å². The molecule has 0 aliphatic heterocycles. The molecule has 23 heavy (non-hydrogen) atoms. The lowest BCUT2D eigenvalue weighted by Gasteiger charge is -2.01. The van der Waals surface area contributed by atoms with Gasteiger partial charge in [0.05, 0.1) is 0 Å². The van der Waals surface area contributed by atoms with Crippen LogP contribution in [0, 0.1) is 11.8 Å². The van der Waals surface area contributed by atoms with Crippen molar-refractivity contribution in [1.82, 2.24) is 5.32 Å². The van der Waals surface area contributed by atoms with Gasteiger partial charge in [0.1, 0.15) is 5.75 Å². The first-order valence-corrected chi connectivity index (χ1v) is 7.19. The lowest BCUT2D eigenvalue weighted by molar-refractivity contribution is -0.114. The maximum Gasteiger partial charge on any atom is 0.353 e. The van der Waals surface area contributed by atoms with Crippen molar-refractivity contribution in [2.75, 3.05) is 0 Å². The summed E-state index contributed by atoms with van der Waals surface area (Å²) in [5, 5.41) is 11.0. The van der Waals surface area contributed by atoms with E-state index in [1.165, 1.54) is 0 Å². The van der Waals surface area contributed by atoms with Crippen LogP contribution in [0.25, 0.3) is 0 Å². The Labute approximate surface area is 143 Å². The lowest BCUT2D eigenvalue weighted by Crippen LogP contribution is -2.32. The van der Waals surface area contributed by atoms with Gasteiger partial charge in [-0.05, 0) is 35.9 Å². The molecule has 116 valence electrons. The van der Waals surface area contributed by atoms with Crippen LogP contribution in [0.1, 0.15) is 15.9 Å². The number of carbonyl (C=O) groups excluding carboxylic acids is 2. The molecule has 0 unspecified atom stereocenters. The Kier molecular flexibility index (Phi) is 5.21. The van der Waals surface area contributed by atoms with Crippen LogP contribution >= 0.6 is 27.5 Å². The Bertz CT molecular complexity index is 893. The highest BCUT2D eigenvalue weighted by Crippen LogP contribution is 2.17. The summed E-state index contributed by atoms with van der Waals surface area (Å²) in [6, 6.07) is 7.70. The Morgan fingerprint density at radius 2 is 1.91 bits per heavy atom. The van der Waals surface area contributed by atoms with Gasteiger partial charge in [0, 0.05) is 22.0 Å². The van der Waals surface area contributed by atoms with E-state index in [0.29, 0.717) is 5.56 Å². The predicted molar refractivity (Wildman–Crippen MR) is 85.1 cm³/mol. The monoisotopic (exact) mass is 395 g/mol. The first-order chi connectivity index (χ1) is 10.9. The molecule has 8 heteroatoms. The maximum absolute atomic E-state index is 11.8. The first kappa shape index (κ1) is 16.8. The van der Waals surface area contributed by atoms with Gasteiger partial charge in [-0.2, -0.15) is 0 Å². The number of imide groups is 1. The van der Waals surface area contributed by atoms with E-state index in [0.717, 1.165) is 10.5 Å². The Morgan fingerprint density at radius 1 is 1.26 bits per heavy atom. The minimum Gasteiger partial charge on any atom is -0.507 e. The van der Waals surface area contributed by atoms with Gasteiger partial charge >= 0.3 is 11.5 Å². The van der Waals surface area contributed by atoms with Crippen LogP contribution in [0.5, 0.6) is 5.75 Å². The molecule has 2 aromatic rings. The number of hydrogen-bond acceptors (Lipinski definition) is 5. The molecule has 1 aromatic carbocycles. The molecule has 6 nitrogen and oxygen atoms in total. The van der Waals surface area contributed by atoms with E-state index < -0.39 is 28.8 Å². The predicted octanol–water partition coefficient (Wildman–Crippen LogP) is 2.07. The van der Waals surface area contributed by atoms with E-state index in [-0.39, 0.29) is 5.22 Å². The van der Waals surface area contributed by atoms with Gasteiger partial charge in [-0.25, -0.2) is 4.79 Å². The molecule has 0 spiro atoms. The molecule has 0 aliphatic carbocycles. The molecule has 2 rings (SSSR count). The van der Waals surface area contributed by atoms with Crippen molar-refractivity contribution in [3.63, 3.8) is 0 Å². The van der Waals surface area contributed by atoms with Crippen LogP contribution < -0.4 is 10.9 Å². The van der Waals surface area contributed by atoms with Crippen LogP contribution in [0.15, 0.2) is 44.0 Å². The summed E-state index contributed by atoms with van der Waals surface area (Å²) in [6.07, 6.45) is 0. The molecule has 0 radical (unpaired) electrons. The van der Waals surface area contributed by atoms with E-state index in [1.807, 2.05) is 5.32 Å². The zero-order chi connectivity index (χ0) is 17.0. The maximum atomic E-state index is 11.8. The first-order valence-electron chi connectivity index (χ1n) is 6.02. The van der Waals surface area contributed by atoms with Crippen molar-refractivity contribution >= 4 is 39.3 Å². The van der Waals surface area contributed by atoms with Crippen LogP contribution in [-0.4, -0.2) is 16.9 Å². The number of nitrogens with one attached hydrogen (secondary N) is 1. The third-order valence-electron chi connectivity index (χ3n) is 2.52. The topological polar surface area (TPSA) is 96.6 Å². The second-order valence-corrected chi connectivity index (χ2v) is 5.43. The summed E-state index contributed by atoms with van der Waals surface area (Å²) in [6.45, 7) is 0. The zero-order valence-electron chi connectivity index (χ0n) is 11.2. The molecule has 0 aliphatic rings. The SMILES string of the molecule is O=C(C#Cc1ccc(Br)cc1)NC(=O)c1c(O)cc(Cl)oc1=O. The van der Waals surface area contributed by atoms with E-state index >= 15 is 0 Å². The number of halogens is 2. The summed E-state index contributed by atoms with van der Waals surface area (Å²) in [4.78, 5) is 34.9. The molecule has 0 bridgehead atoms. The van der Waals surface area contributed by atoms with Crippen molar-refractivity contribution in [3.8, 4) is 17.6 Å². The number of aromatic hydroxyl groups is 1. The highest BCUT2D eigenvalue weighted by molar-refractivity contribution is 9.10. The van der Waals surface area contributed by atoms with Crippen LogP contribution in [-0.2, 0) is 4.79 Å². The Balaban J connectivity index is 2.14. The summed E-state index contributed by atoms with van der Waals surface area (Å²) in [5.41, 5.74) is -1.33. The van der Waals surface area contributed by atoms with Crippen LogP contribution in [0.4, 0.5) is 0 Å². The summed E-state index contributed by atoms with van der Waals surface area (Å²) in [7, 11) is 0. The second-order valence-electron chi connectivity index (χ2n) is 4.14. The zero-order valence-corrected chi connectivity index (χ0v) is 13.6. The third-order valence-corrected chi connectivity index (χ3v) is 3.23. The van der Waals surface area contributed by atoms with Gasteiger partial charge in [0.25, 0.3) is 5.91 Å². The molecule has 0 saturated heterocycles. The van der Waals surface area contributed by atoms with Gasteiger partial charge in [-0.3, -0.25) is 14.9 Å². The summed E-state index contributed by atoms with van der Waals surface area (Å²) >= 11 is 8.67. The Hall–Kier alpha value is -2.56. The van der Waals surface area contributed by atoms with E-state index in [1.54, 1.807) is 24.3 Å². The highest BCUT2D eigenvalue weighted by Gasteiger charge is 2.20. The van der Waals surface area contributed by atoms with Crippen LogP contribution in [0.2, 0.25) is 5.22 Å². The largest absolute Gasteiger partial charge is 0.507 e. The quantitative estimate of drug-likeness (QED) is 0.719. The molecule has 0 saturated carbocycles. The van der Waals surface area contributed by atoms with Crippen molar-refractivity contribution in [2.24, 2.45) is 0 Å². The fourth-order valence-electron chi connectivity index (χ4n) is 1.52. The molecular weight excluding hydrogens is 390 g/mol. The van der Waals surface area contributed by atoms with Gasteiger partial charge in [0.15, 0.2) is 5.56 Å². The second kappa shape index (κ2) is 7.13.